The maximum Gasteiger partial charge on any atom is 0.348 e. The third-order valence-corrected chi connectivity index (χ3v) is 4.33. The van der Waals surface area contributed by atoms with Gasteiger partial charge in [0.1, 0.15) is 9.88 Å². The van der Waals surface area contributed by atoms with Crippen LogP contribution >= 0.6 is 34.3 Å². The Bertz CT molecular complexity index is 695. The molecular weight excluding hydrogens is 336 g/mol. The monoisotopic (exact) mass is 344 g/mol. The highest BCUT2D eigenvalue weighted by molar-refractivity contribution is 7.17. The van der Waals surface area contributed by atoms with Crippen LogP contribution in [-0.2, 0) is 9.53 Å². The molecule has 0 atom stereocenters. The number of nitrogens with two attached hydrogens (primary N) is 1. The predicted molar refractivity (Wildman–Crippen MR) is 81.1 cm³/mol. The van der Waals surface area contributed by atoms with Gasteiger partial charge in [-0.25, -0.2) is 4.79 Å². The molecule has 2 rings (SSSR count). The largest absolute Gasteiger partial charge is 0.451 e. The van der Waals surface area contributed by atoms with Crippen LogP contribution in [0.3, 0.4) is 0 Å². The highest BCUT2D eigenvalue weighted by atomic mass is 35.5. The Balaban J connectivity index is 1.89. The Hall–Kier alpha value is -1.90. The van der Waals surface area contributed by atoms with Gasteiger partial charge in [0.2, 0.25) is 0 Å². The first-order chi connectivity index (χ1) is 9.97. The standard InChI is InChI=1S/C12H9ClN2O4S2/c13-8-2-1-7(21-8)12(18)19-5-9(16)15-11-6(10(14)17)3-4-20-11/h1-4H,5H2,(H2,14,17)(H,15,16). The molecule has 2 aromatic heterocycles. The van der Waals surface area contributed by atoms with E-state index in [-0.39, 0.29) is 5.56 Å². The van der Waals surface area contributed by atoms with Gasteiger partial charge in [0, 0.05) is 0 Å². The first-order valence-corrected chi connectivity index (χ1v) is 7.64. The second-order valence-electron chi connectivity index (χ2n) is 3.76. The lowest BCUT2D eigenvalue weighted by Crippen LogP contribution is -2.22. The van der Waals surface area contributed by atoms with E-state index in [2.05, 4.69) is 5.32 Å². The Morgan fingerprint density at radius 1 is 1.29 bits per heavy atom. The summed E-state index contributed by atoms with van der Waals surface area (Å²) in [5.74, 6) is -1.84. The molecule has 0 aliphatic heterocycles. The fourth-order valence-corrected chi connectivity index (χ4v) is 3.13. The number of hydrogen-bond donors (Lipinski definition) is 2. The predicted octanol–water partition coefficient (Wildman–Crippen LogP) is 2.36. The van der Waals surface area contributed by atoms with Crippen LogP contribution in [0.2, 0.25) is 4.34 Å². The van der Waals surface area contributed by atoms with Crippen LogP contribution < -0.4 is 11.1 Å². The summed E-state index contributed by atoms with van der Waals surface area (Å²) in [6, 6.07) is 4.58. The first-order valence-electron chi connectivity index (χ1n) is 5.57. The molecule has 0 fully saturated rings. The molecular formula is C12H9ClN2O4S2. The van der Waals surface area contributed by atoms with Gasteiger partial charge in [-0.3, -0.25) is 9.59 Å². The lowest BCUT2D eigenvalue weighted by Gasteiger charge is -2.05. The van der Waals surface area contributed by atoms with Gasteiger partial charge in [-0.2, -0.15) is 0 Å². The van der Waals surface area contributed by atoms with E-state index in [1.54, 1.807) is 11.4 Å². The molecule has 9 heteroatoms. The van der Waals surface area contributed by atoms with Crippen molar-refractivity contribution in [2.45, 2.75) is 0 Å². The van der Waals surface area contributed by atoms with E-state index >= 15 is 0 Å². The highest BCUT2D eigenvalue weighted by Gasteiger charge is 2.15. The third kappa shape index (κ3) is 4.03. The summed E-state index contributed by atoms with van der Waals surface area (Å²) in [5.41, 5.74) is 5.37. The van der Waals surface area contributed by atoms with Crippen molar-refractivity contribution in [1.29, 1.82) is 0 Å². The van der Waals surface area contributed by atoms with Crippen molar-refractivity contribution in [2.24, 2.45) is 5.73 Å². The van der Waals surface area contributed by atoms with Crippen molar-refractivity contribution in [3.63, 3.8) is 0 Å². The number of esters is 1. The Labute approximate surface area is 132 Å². The first kappa shape index (κ1) is 15.5. The van der Waals surface area contributed by atoms with Crippen molar-refractivity contribution in [1.82, 2.24) is 0 Å². The summed E-state index contributed by atoms with van der Waals surface area (Å²) >= 11 is 7.91. The molecule has 3 N–H and O–H groups in total. The zero-order chi connectivity index (χ0) is 15.4. The maximum atomic E-state index is 11.7. The Kier molecular flexibility index (Phi) is 4.94. The summed E-state index contributed by atoms with van der Waals surface area (Å²) in [6.45, 7) is -0.468. The van der Waals surface area contributed by atoms with E-state index in [0.29, 0.717) is 14.2 Å². The second kappa shape index (κ2) is 6.70. The van der Waals surface area contributed by atoms with E-state index < -0.39 is 24.4 Å². The fraction of sp³-hybridized carbons (Fsp3) is 0.0833. The van der Waals surface area contributed by atoms with Crippen molar-refractivity contribution < 1.29 is 19.1 Å². The number of anilines is 1. The van der Waals surface area contributed by atoms with Crippen molar-refractivity contribution in [2.75, 3.05) is 11.9 Å². The van der Waals surface area contributed by atoms with Gasteiger partial charge in [0.25, 0.3) is 11.8 Å². The summed E-state index contributed by atoms with van der Waals surface area (Å²) in [4.78, 5) is 34.7. The second-order valence-corrected chi connectivity index (χ2v) is 6.39. The van der Waals surface area contributed by atoms with Crippen LogP contribution in [-0.4, -0.2) is 24.4 Å². The van der Waals surface area contributed by atoms with Gasteiger partial charge in [0.05, 0.1) is 9.90 Å². The van der Waals surface area contributed by atoms with E-state index in [4.69, 9.17) is 22.1 Å². The van der Waals surface area contributed by atoms with E-state index in [1.165, 1.54) is 12.1 Å². The SMILES string of the molecule is NC(=O)c1ccsc1NC(=O)COC(=O)c1ccc(Cl)s1. The highest BCUT2D eigenvalue weighted by Crippen LogP contribution is 2.23. The van der Waals surface area contributed by atoms with Gasteiger partial charge >= 0.3 is 5.97 Å². The average Bonchev–Trinajstić information content (AvgIpc) is 3.05. The molecule has 0 saturated carbocycles. The third-order valence-electron chi connectivity index (χ3n) is 2.29. The van der Waals surface area contributed by atoms with Crippen LogP contribution in [0.1, 0.15) is 20.0 Å². The molecule has 0 saturated heterocycles. The normalized spacial score (nSPS) is 10.1. The molecule has 0 spiro atoms. The molecule has 0 aromatic carbocycles. The number of carbonyl (C=O) groups excluding carboxylic acids is 3. The molecule has 0 aliphatic carbocycles. The van der Waals surface area contributed by atoms with Gasteiger partial charge in [-0.15, -0.1) is 22.7 Å². The molecule has 0 unspecified atom stereocenters. The van der Waals surface area contributed by atoms with Crippen LogP contribution in [0.25, 0.3) is 0 Å². The molecule has 2 amide bonds. The number of carbonyl (C=O) groups is 3. The van der Waals surface area contributed by atoms with E-state index in [9.17, 15) is 14.4 Å². The summed E-state index contributed by atoms with van der Waals surface area (Å²) in [5, 5.41) is 4.41. The molecule has 0 bridgehead atoms. The minimum absolute atomic E-state index is 0.213. The fourth-order valence-electron chi connectivity index (χ4n) is 1.39. The van der Waals surface area contributed by atoms with Gasteiger partial charge in [0.15, 0.2) is 6.61 Å². The quantitative estimate of drug-likeness (QED) is 0.813. The lowest BCUT2D eigenvalue weighted by molar-refractivity contribution is -0.119. The minimum atomic E-state index is -0.642. The minimum Gasteiger partial charge on any atom is -0.451 e. The molecule has 21 heavy (non-hydrogen) atoms. The molecule has 110 valence electrons. The van der Waals surface area contributed by atoms with E-state index in [0.717, 1.165) is 22.7 Å². The average molecular weight is 345 g/mol. The number of halogens is 1. The van der Waals surface area contributed by atoms with Crippen molar-refractivity contribution >= 4 is 57.1 Å². The number of thiophene rings is 2. The number of hydrogen-bond acceptors (Lipinski definition) is 6. The molecule has 2 heterocycles. The molecule has 0 radical (unpaired) electrons. The van der Waals surface area contributed by atoms with Gasteiger partial charge in [-0.05, 0) is 23.6 Å². The summed E-state index contributed by atoms with van der Waals surface area (Å²) in [7, 11) is 0. The zero-order valence-corrected chi connectivity index (χ0v) is 12.8. The number of nitrogens with one attached hydrogen (secondary N) is 1. The lowest BCUT2D eigenvalue weighted by atomic mass is 10.3. The molecule has 6 nitrogen and oxygen atoms in total. The Morgan fingerprint density at radius 2 is 2.05 bits per heavy atom. The summed E-state index contributed by atoms with van der Waals surface area (Å²) in [6.07, 6.45) is 0. The van der Waals surface area contributed by atoms with Crippen LogP contribution in [0.4, 0.5) is 5.00 Å². The molecule has 2 aromatic rings. The van der Waals surface area contributed by atoms with Crippen LogP contribution in [0.5, 0.6) is 0 Å². The van der Waals surface area contributed by atoms with Gasteiger partial charge in [-0.1, -0.05) is 11.6 Å². The number of primary amides is 1. The van der Waals surface area contributed by atoms with Crippen molar-refractivity contribution in [3.05, 3.63) is 38.4 Å². The smallest absolute Gasteiger partial charge is 0.348 e. The zero-order valence-electron chi connectivity index (χ0n) is 10.4. The number of amides is 2. The van der Waals surface area contributed by atoms with Crippen molar-refractivity contribution in [3.8, 4) is 0 Å². The molecule has 0 aliphatic rings. The Morgan fingerprint density at radius 3 is 2.67 bits per heavy atom. The summed E-state index contributed by atoms with van der Waals surface area (Å²) < 4.78 is 5.30. The van der Waals surface area contributed by atoms with Crippen LogP contribution in [0.15, 0.2) is 23.6 Å². The topological polar surface area (TPSA) is 98.5 Å². The van der Waals surface area contributed by atoms with Crippen LogP contribution in [0, 0.1) is 0 Å². The maximum absolute atomic E-state index is 11.7. The van der Waals surface area contributed by atoms with E-state index in [1.807, 2.05) is 0 Å². The number of ether oxygens (including phenoxy) is 1. The number of rotatable bonds is 5. The van der Waals surface area contributed by atoms with Gasteiger partial charge < -0.3 is 15.8 Å².